The minimum absolute atomic E-state index is 0.0296. The van der Waals surface area contributed by atoms with Crippen LogP contribution in [0.15, 0.2) is 35.3 Å². The number of piperazine rings is 1. The van der Waals surface area contributed by atoms with E-state index in [1.54, 1.807) is 24.0 Å². The molecule has 2 fully saturated rings. The SMILES string of the molecule is CC[C@H](C)[C@@H]([C@@H](CC(=O)N1CCC[C@H]1[C@H](C)[C@@H](C)C(=O)C[C@@H](Cc1ccccc1)P(=O)(O)CC(C)=O)OC)N(C)C(=O)[C@@H](N=C(N(C)C)N1CCN(C(=O)OC(C)(C)C)CC1)C(C)C. The minimum Gasteiger partial charge on any atom is -0.444 e. The Labute approximate surface area is 384 Å². The second-order valence-corrected chi connectivity index (χ2v) is 22.4. The molecule has 2 heterocycles. The van der Waals surface area contributed by atoms with E-state index in [0.29, 0.717) is 45.1 Å². The van der Waals surface area contributed by atoms with Crippen molar-refractivity contribution in [3.63, 3.8) is 0 Å². The third-order valence-corrected chi connectivity index (χ3v) is 15.5. The van der Waals surface area contributed by atoms with E-state index in [2.05, 4.69) is 18.7 Å². The second-order valence-electron chi connectivity index (χ2n) is 19.8. The summed E-state index contributed by atoms with van der Waals surface area (Å²) in [6, 6.07) is 7.83. The lowest BCUT2D eigenvalue weighted by Gasteiger charge is -2.41. The summed E-state index contributed by atoms with van der Waals surface area (Å²) in [5.41, 5.74) is -0.678. The van der Waals surface area contributed by atoms with Gasteiger partial charge in [-0.1, -0.05) is 78.3 Å². The van der Waals surface area contributed by atoms with Gasteiger partial charge in [-0.05, 0) is 70.3 Å². The highest BCUT2D eigenvalue weighted by Crippen LogP contribution is 2.49. The summed E-state index contributed by atoms with van der Waals surface area (Å²) in [6.45, 7) is 21.2. The molecule has 15 nitrogen and oxygen atoms in total. The first-order valence-corrected chi connectivity index (χ1v) is 25.2. The molecule has 0 saturated carbocycles. The average Bonchev–Trinajstić information content (AvgIpc) is 3.72. The molecular weight excluding hydrogens is 836 g/mol. The summed E-state index contributed by atoms with van der Waals surface area (Å²) in [6.07, 6.45) is 0.846. The Bertz CT molecular complexity index is 1790. The number of carbonyl (C=O) groups is 5. The van der Waals surface area contributed by atoms with E-state index in [0.717, 1.165) is 18.4 Å². The van der Waals surface area contributed by atoms with Gasteiger partial charge in [0.25, 0.3) is 0 Å². The van der Waals surface area contributed by atoms with Crippen molar-refractivity contribution < 1.29 is 42.9 Å². The maximum atomic E-state index is 14.7. The van der Waals surface area contributed by atoms with Crippen molar-refractivity contribution >= 4 is 42.8 Å². The maximum Gasteiger partial charge on any atom is 0.410 e. The Balaban J connectivity index is 1.80. The van der Waals surface area contributed by atoms with Crippen LogP contribution in [-0.2, 0) is 39.6 Å². The molecular formula is C48H81N6O9P. The van der Waals surface area contributed by atoms with Crippen LogP contribution in [-0.4, -0.2) is 167 Å². The predicted molar refractivity (Wildman–Crippen MR) is 253 cm³/mol. The molecule has 1 aromatic rings. The van der Waals surface area contributed by atoms with Crippen LogP contribution in [0.4, 0.5) is 4.79 Å². The number of ether oxygens (including phenoxy) is 2. The molecule has 1 unspecified atom stereocenters. The van der Waals surface area contributed by atoms with Gasteiger partial charge in [0.1, 0.15) is 23.2 Å². The highest BCUT2D eigenvalue weighted by atomic mass is 31.2. The molecule has 64 heavy (non-hydrogen) atoms. The van der Waals surface area contributed by atoms with Gasteiger partial charge in [-0.3, -0.25) is 23.7 Å². The molecule has 0 aliphatic carbocycles. The summed E-state index contributed by atoms with van der Waals surface area (Å²) in [7, 11) is 3.15. The van der Waals surface area contributed by atoms with Crippen LogP contribution < -0.4 is 0 Å². The Hall–Kier alpha value is -3.81. The van der Waals surface area contributed by atoms with Gasteiger partial charge in [-0.2, -0.15) is 0 Å². The highest BCUT2D eigenvalue weighted by molar-refractivity contribution is 7.59. The van der Waals surface area contributed by atoms with Crippen molar-refractivity contribution in [2.24, 2.45) is 28.7 Å². The number of ketones is 2. The molecule has 3 rings (SSSR count). The predicted octanol–water partition coefficient (Wildman–Crippen LogP) is 6.45. The number of nitrogens with zero attached hydrogens (tertiary/aromatic N) is 6. The van der Waals surface area contributed by atoms with Crippen molar-refractivity contribution in [2.75, 3.05) is 67.1 Å². The molecule has 2 aliphatic heterocycles. The fourth-order valence-electron chi connectivity index (χ4n) is 9.12. The van der Waals surface area contributed by atoms with E-state index in [4.69, 9.17) is 14.5 Å². The monoisotopic (exact) mass is 917 g/mol. The van der Waals surface area contributed by atoms with Crippen LogP contribution >= 0.6 is 7.37 Å². The number of hydrogen-bond donors (Lipinski definition) is 1. The molecule has 0 bridgehead atoms. The summed E-state index contributed by atoms with van der Waals surface area (Å²) in [5.74, 6) is -1.14. The number of guanidine groups is 1. The van der Waals surface area contributed by atoms with E-state index >= 15 is 0 Å². The molecule has 0 radical (unpaired) electrons. The molecule has 3 amide bonds. The lowest BCUT2D eigenvalue weighted by atomic mass is 9.83. The van der Waals surface area contributed by atoms with E-state index in [1.807, 2.05) is 103 Å². The molecule has 0 aromatic heterocycles. The second kappa shape index (κ2) is 24.1. The summed E-state index contributed by atoms with van der Waals surface area (Å²) < 4.78 is 25.3. The number of likely N-dealkylation sites (tertiary alicyclic amines) is 1. The maximum absolute atomic E-state index is 14.7. The van der Waals surface area contributed by atoms with E-state index in [1.165, 1.54) is 6.92 Å². The fraction of sp³-hybridized carbons (Fsp3) is 0.750. The van der Waals surface area contributed by atoms with Gasteiger partial charge in [0, 0.05) is 85.0 Å². The number of benzene rings is 1. The molecule has 1 N–H and O–H groups in total. The summed E-state index contributed by atoms with van der Waals surface area (Å²) in [5, 5.41) is 0. The number of likely N-dealkylation sites (N-methyl/N-ethyl adjacent to an activating group) is 1. The largest absolute Gasteiger partial charge is 0.444 e. The normalized spacial score (nSPS) is 20.4. The molecule has 362 valence electrons. The standard InChI is InChI=1S/C48H81N6O9P/c1-15-33(4)44(51(13)45(58)43(32(2)3)49-46(50(11)12)52-24-26-53(27-25-52)47(59)63-48(8,9)10)41(62-14)30-42(57)54-23-19-22-39(54)35(6)36(7)40(56)29-38(64(60,61)31-34(5)55)28-37-20-17-16-18-21-37/h16-18,20-21,32-33,35-36,38-39,41,43-44H,15,19,22-31H2,1-14H3,(H,60,61)/t33-,35+,36+,38+,39-,41+,43-,44-/m0/s1. The zero-order valence-corrected chi connectivity index (χ0v) is 42.3. The number of Topliss-reactive ketones (excluding diaryl/α,β-unsaturated/α-hetero) is 2. The van der Waals surface area contributed by atoms with Gasteiger partial charge in [0.15, 0.2) is 5.96 Å². The van der Waals surface area contributed by atoms with Gasteiger partial charge in [0.2, 0.25) is 19.2 Å². The zero-order valence-electron chi connectivity index (χ0n) is 41.4. The van der Waals surface area contributed by atoms with Gasteiger partial charge in [-0.25, -0.2) is 9.79 Å². The van der Waals surface area contributed by atoms with Crippen molar-refractivity contribution in [1.29, 1.82) is 0 Å². The van der Waals surface area contributed by atoms with Crippen LogP contribution in [0.3, 0.4) is 0 Å². The Morgan fingerprint density at radius 3 is 2.03 bits per heavy atom. The number of aliphatic imine (C=N–C) groups is 1. The first-order chi connectivity index (χ1) is 29.8. The number of amides is 3. The smallest absolute Gasteiger partial charge is 0.410 e. The average molecular weight is 917 g/mol. The van der Waals surface area contributed by atoms with Crippen LogP contribution in [0.5, 0.6) is 0 Å². The number of carbonyl (C=O) groups excluding carboxylic acids is 5. The minimum atomic E-state index is -4.00. The van der Waals surface area contributed by atoms with E-state index in [-0.39, 0.29) is 66.7 Å². The first-order valence-electron chi connectivity index (χ1n) is 23.3. The third kappa shape index (κ3) is 15.1. The number of methoxy groups -OCH3 is 1. The highest BCUT2D eigenvalue weighted by Gasteiger charge is 2.43. The summed E-state index contributed by atoms with van der Waals surface area (Å²) in [4.78, 5) is 93.3. The lowest BCUT2D eigenvalue weighted by Crippen LogP contribution is -2.56. The zero-order chi connectivity index (χ0) is 48.3. The lowest BCUT2D eigenvalue weighted by molar-refractivity contribution is -0.144. The van der Waals surface area contributed by atoms with E-state index < -0.39 is 54.7 Å². The van der Waals surface area contributed by atoms with Crippen molar-refractivity contribution in [1.82, 2.24) is 24.5 Å². The third-order valence-electron chi connectivity index (χ3n) is 13.1. The topological polar surface area (TPSA) is 170 Å². The Morgan fingerprint density at radius 2 is 1.52 bits per heavy atom. The van der Waals surface area contributed by atoms with Crippen molar-refractivity contribution in [3.05, 3.63) is 35.9 Å². The molecule has 0 spiro atoms. The van der Waals surface area contributed by atoms with Gasteiger partial charge < -0.3 is 38.9 Å². The molecule has 2 aliphatic rings. The van der Waals surface area contributed by atoms with Crippen molar-refractivity contribution in [2.45, 2.75) is 143 Å². The molecule has 16 heteroatoms. The Morgan fingerprint density at radius 1 is 0.922 bits per heavy atom. The number of rotatable bonds is 20. The Kier molecular flexibility index (Phi) is 20.5. The van der Waals surface area contributed by atoms with E-state index in [9.17, 15) is 33.4 Å². The molecule has 1 aromatic carbocycles. The first kappa shape index (κ1) is 54.5. The quantitative estimate of drug-likeness (QED) is 0.0867. The fourth-order valence-corrected chi connectivity index (χ4v) is 11.0. The molecule has 2 saturated heterocycles. The van der Waals surface area contributed by atoms with Gasteiger partial charge in [0.05, 0.1) is 24.7 Å². The van der Waals surface area contributed by atoms with Crippen molar-refractivity contribution in [3.8, 4) is 0 Å². The van der Waals surface area contributed by atoms with Crippen LogP contribution in [0, 0.1) is 23.7 Å². The van der Waals surface area contributed by atoms with Crippen LogP contribution in [0.25, 0.3) is 0 Å². The summed E-state index contributed by atoms with van der Waals surface area (Å²) >= 11 is 0. The van der Waals surface area contributed by atoms with Crippen LogP contribution in [0.2, 0.25) is 0 Å². The van der Waals surface area contributed by atoms with Gasteiger partial charge in [-0.15, -0.1) is 0 Å². The number of hydrogen-bond acceptors (Lipinski definition) is 9. The molecule has 9 atom stereocenters. The van der Waals surface area contributed by atoms with Crippen LogP contribution in [0.1, 0.15) is 107 Å². The van der Waals surface area contributed by atoms with Gasteiger partial charge >= 0.3 is 6.09 Å².